The van der Waals surface area contributed by atoms with Gasteiger partial charge in [0.15, 0.2) is 18.1 Å². The first-order valence-corrected chi connectivity index (χ1v) is 14.8. The average Bonchev–Trinajstić information content (AvgIpc) is 3.21. The van der Waals surface area contributed by atoms with Crippen LogP contribution in [-0.4, -0.2) is 53.9 Å². The van der Waals surface area contributed by atoms with E-state index < -0.39 is 23.6 Å². The second-order valence-electron chi connectivity index (χ2n) is 8.84. The topological polar surface area (TPSA) is 114 Å². The molecule has 3 aromatic carbocycles. The standard InChI is InChI=1S/C30H29N3O6S2/c1-4-38-25-14-20(12-13-24(25)39-18-28(35)32-23-11-6-5-8-19(23)2)15-26-29(36)33(30(37)41-26)17-27(34)31-21-9-7-10-22(16-21)40-3/h5-16H,4,17-18H2,1-3H3,(H,31,34)(H,32,35)/b26-15-. The van der Waals surface area contributed by atoms with E-state index in [1.807, 2.05) is 62.6 Å². The second kappa shape index (κ2) is 13.9. The zero-order valence-corrected chi connectivity index (χ0v) is 24.4. The van der Waals surface area contributed by atoms with Gasteiger partial charge in [-0.05, 0) is 85.5 Å². The van der Waals surface area contributed by atoms with Crippen LogP contribution in [0.1, 0.15) is 18.1 Å². The lowest BCUT2D eigenvalue weighted by molar-refractivity contribution is -0.127. The Kier molecular flexibility index (Phi) is 10.1. The molecule has 1 fully saturated rings. The number of nitrogens with zero attached hydrogens (tertiary/aromatic N) is 1. The van der Waals surface area contributed by atoms with Crippen LogP contribution in [-0.2, 0) is 14.4 Å². The third-order valence-corrected chi connectivity index (χ3v) is 7.50. The Morgan fingerprint density at radius 1 is 0.951 bits per heavy atom. The molecule has 0 saturated carbocycles. The Hall–Kier alpha value is -4.22. The van der Waals surface area contributed by atoms with Crippen LogP contribution >= 0.6 is 23.5 Å². The van der Waals surface area contributed by atoms with Crippen molar-refractivity contribution in [3.8, 4) is 11.5 Å². The number of anilines is 2. The number of carbonyl (C=O) groups excluding carboxylic acids is 4. The fourth-order valence-corrected chi connectivity index (χ4v) is 5.18. The first-order chi connectivity index (χ1) is 19.8. The quantitative estimate of drug-likeness (QED) is 0.212. The van der Waals surface area contributed by atoms with Gasteiger partial charge in [-0.1, -0.05) is 30.3 Å². The molecule has 0 radical (unpaired) electrons. The highest BCUT2D eigenvalue weighted by molar-refractivity contribution is 8.18. The molecule has 1 aliphatic heterocycles. The molecular weight excluding hydrogens is 562 g/mol. The van der Waals surface area contributed by atoms with E-state index in [0.717, 1.165) is 27.1 Å². The van der Waals surface area contributed by atoms with Gasteiger partial charge in [-0.2, -0.15) is 0 Å². The first kappa shape index (κ1) is 29.8. The molecule has 2 N–H and O–H groups in total. The van der Waals surface area contributed by atoms with Crippen LogP contribution in [0.4, 0.5) is 16.2 Å². The van der Waals surface area contributed by atoms with Gasteiger partial charge in [0.2, 0.25) is 5.91 Å². The smallest absolute Gasteiger partial charge is 0.294 e. The van der Waals surface area contributed by atoms with Crippen LogP contribution in [0, 0.1) is 6.92 Å². The molecule has 4 rings (SSSR count). The molecule has 9 nitrogen and oxygen atoms in total. The van der Waals surface area contributed by atoms with Gasteiger partial charge < -0.3 is 20.1 Å². The summed E-state index contributed by atoms with van der Waals surface area (Å²) in [7, 11) is 0. The molecule has 0 aliphatic carbocycles. The van der Waals surface area contributed by atoms with Crippen LogP contribution in [0.15, 0.2) is 76.5 Å². The fraction of sp³-hybridized carbons (Fsp3) is 0.200. The SMILES string of the molecule is CCOc1cc(/C=C2\SC(=O)N(CC(=O)Nc3cccc(SC)c3)C2=O)ccc1OCC(=O)Nc1ccccc1C. The van der Waals surface area contributed by atoms with Crippen molar-refractivity contribution < 1.29 is 28.7 Å². The molecule has 0 aromatic heterocycles. The summed E-state index contributed by atoms with van der Waals surface area (Å²) < 4.78 is 11.4. The number of amides is 4. The molecule has 0 unspecified atom stereocenters. The summed E-state index contributed by atoms with van der Waals surface area (Å²) >= 11 is 2.30. The molecule has 3 aromatic rings. The van der Waals surface area contributed by atoms with Crippen molar-refractivity contribution >= 4 is 63.9 Å². The first-order valence-electron chi connectivity index (χ1n) is 12.7. The lowest BCUT2D eigenvalue weighted by Gasteiger charge is -2.14. The van der Waals surface area contributed by atoms with Crippen molar-refractivity contribution in [2.24, 2.45) is 0 Å². The van der Waals surface area contributed by atoms with E-state index >= 15 is 0 Å². The van der Waals surface area contributed by atoms with Gasteiger partial charge in [0.05, 0.1) is 11.5 Å². The van der Waals surface area contributed by atoms with Crippen molar-refractivity contribution in [1.29, 1.82) is 0 Å². The molecule has 0 bridgehead atoms. The van der Waals surface area contributed by atoms with Crippen molar-refractivity contribution in [3.63, 3.8) is 0 Å². The summed E-state index contributed by atoms with van der Waals surface area (Å²) in [6.07, 6.45) is 3.49. The third-order valence-electron chi connectivity index (χ3n) is 5.87. The van der Waals surface area contributed by atoms with Crippen LogP contribution < -0.4 is 20.1 Å². The highest BCUT2D eigenvalue weighted by Crippen LogP contribution is 2.35. The second-order valence-corrected chi connectivity index (χ2v) is 10.7. The van der Waals surface area contributed by atoms with Crippen molar-refractivity contribution in [1.82, 2.24) is 4.90 Å². The van der Waals surface area contributed by atoms with Gasteiger partial charge in [-0.3, -0.25) is 24.1 Å². The number of hydrogen-bond donors (Lipinski definition) is 2. The van der Waals surface area contributed by atoms with Gasteiger partial charge in [-0.25, -0.2) is 0 Å². The predicted molar refractivity (Wildman–Crippen MR) is 162 cm³/mol. The maximum atomic E-state index is 13.0. The average molecular weight is 592 g/mol. The van der Waals surface area contributed by atoms with Gasteiger partial charge in [0.1, 0.15) is 6.54 Å². The number of benzene rings is 3. The van der Waals surface area contributed by atoms with E-state index in [0.29, 0.717) is 35.0 Å². The number of carbonyl (C=O) groups is 4. The lowest BCUT2D eigenvalue weighted by Crippen LogP contribution is -2.36. The molecule has 41 heavy (non-hydrogen) atoms. The third kappa shape index (κ3) is 7.92. The summed E-state index contributed by atoms with van der Waals surface area (Å²) in [5.41, 5.74) is 2.82. The summed E-state index contributed by atoms with van der Waals surface area (Å²) in [6, 6.07) is 19.7. The summed E-state index contributed by atoms with van der Waals surface area (Å²) in [5.74, 6) is -0.603. The van der Waals surface area contributed by atoms with Gasteiger partial charge in [0.25, 0.3) is 17.1 Å². The Morgan fingerprint density at radius 2 is 1.76 bits per heavy atom. The van der Waals surface area contributed by atoms with E-state index in [1.54, 1.807) is 30.3 Å². The highest BCUT2D eigenvalue weighted by atomic mass is 32.2. The maximum Gasteiger partial charge on any atom is 0.294 e. The number of nitrogens with one attached hydrogen (secondary N) is 2. The number of para-hydroxylation sites is 1. The normalized spacial score (nSPS) is 13.8. The molecule has 1 saturated heterocycles. The Labute approximate surface area is 246 Å². The molecule has 0 atom stereocenters. The molecular formula is C30H29N3O6S2. The summed E-state index contributed by atoms with van der Waals surface area (Å²) in [4.78, 5) is 52.6. The van der Waals surface area contributed by atoms with Crippen LogP contribution in [0.3, 0.4) is 0 Å². The molecule has 0 spiro atoms. The van der Waals surface area contributed by atoms with Gasteiger partial charge >= 0.3 is 0 Å². The number of ether oxygens (including phenoxy) is 2. The summed E-state index contributed by atoms with van der Waals surface area (Å²) in [5, 5.41) is 5.01. The molecule has 1 heterocycles. The fourth-order valence-electron chi connectivity index (χ4n) is 3.88. The minimum absolute atomic E-state index is 0.181. The Balaban J connectivity index is 1.40. The monoisotopic (exact) mass is 591 g/mol. The Morgan fingerprint density at radius 3 is 2.51 bits per heavy atom. The number of thioether (sulfide) groups is 2. The van der Waals surface area contributed by atoms with Crippen molar-refractivity contribution in [3.05, 3.63) is 82.8 Å². The van der Waals surface area contributed by atoms with Crippen LogP contribution in [0.25, 0.3) is 6.08 Å². The van der Waals surface area contributed by atoms with Gasteiger partial charge in [-0.15, -0.1) is 11.8 Å². The molecule has 11 heteroatoms. The van der Waals surface area contributed by atoms with Crippen molar-refractivity contribution in [2.75, 3.05) is 36.6 Å². The Bertz CT molecular complexity index is 1510. The molecule has 4 amide bonds. The molecule has 212 valence electrons. The number of aryl methyl sites for hydroxylation is 1. The predicted octanol–water partition coefficient (Wildman–Crippen LogP) is 5.81. The van der Waals surface area contributed by atoms with E-state index in [9.17, 15) is 19.2 Å². The van der Waals surface area contributed by atoms with E-state index in [-0.39, 0.29) is 17.4 Å². The summed E-state index contributed by atoms with van der Waals surface area (Å²) in [6.45, 7) is 3.44. The maximum absolute atomic E-state index is 13.0. The minimum Gasteiger partial charge on any atom is -0.490 e. The lowest BCUT2D eigenvalue weighted by atomic mass is 10.2. The van der Waals surface area contributed by atoms with Crippen LogP contribution in [0.5, 0.6) is 11.5 Å². The highest BCUT2D eigenvalue weighted by Gasteiger charge is 2.36. The van der Waals surface area contributed by atoms with E-state index in [1.165, 1.54) is 11.8 Å². The zero-order chi connectivity index (χ0) is 29.4. The van der Waals surface area contributed by atoms with E-state index in [2.05, 4.69) is 10.6 Å². The van der Waals surface area contributed by atoms with Crippen molar-refractivity contribution in [2.45, 2.75) is 18.7 Å². The molecule has 1 aliphatic rings. The zero-order valence-electron chi connectivity index (χ0n) is 22.8. The minimum atomic E-state index is -0.556. The van der Waals surface area contributed by atoms with Crippen LogP contribution in [0.2, 0.25) is 0 Å². The largest absolute Gasteiger partial charge is 0.490 e. The number of imide groups is 1. The number of rotatable bonds is 11. The van der Waals surface area contributed by atoms with Gasteiger partial charge in [0, 0.05) is 16.3 Å². The van der Waals surface area contributed by atoms with E-state index in [4.69, 9.17) is 9.47 Å². The number of hydrogen-bond acceptors (Lipinski definition) is 8.